The van der Waals surface area contributed by atoms with Crippen LogP contribution < -0.4 is 5.32 Å². The maximum atomic E-state index is 11.2. The minimum atomic E-state index is -0.928. The van der Waals surface area contributed by atoms with Crippen LogP contribution in [0.2, 0.25) is 0 Å². The average Bonchev–Trinajstić information content (AvgIpc) is 3.00. The van der Waals surface area contributed by atoms with Crippen molar-refractivity contribution >= 4 is 11.8 Å². The largest absolute Gasteiger partial charge is 0.478 e. The number of carbonyl (C=O) groups is 1. The maximum Gasteiger partial charge on any atom is 0.335 e. The van der Waals surface area contributed by atoms with Crippen molar-refractivity contribution in [3.63, 3.8) is 0 Å². The quantitative estimate of drug-likeness (QED) is 0.457. The number of nitrogens with zero attached hydrogens (tertiary/aromatic N) is 2. The number of aromatic nitrogens is 2. The fourth-order valence-electron chi connectivity index (χ4n) is 4.12. The van der Waals surface area contributed by atoms with Crippen molar-refractivity contribution in [2.45, 2.75) is 19.3 Å². The zero-order valence-electron chi connectivity index (χ0n) is 17.1. The predicted octanol–water partition coefficient (Wildman–Crippen LogP) is 5.65. The summed E-state index contributed by atoms with van der Waals surface area (Å²) >= 11 is 0. The molecule has 0 bridgehead atoms. The molecule has 154 valence electrons. The van der Waals surface area contributed by atoms with Crippen molar-refractivity contribution in [1.82, 2.24) is 9.78 Å². The standard InChI is InChI=1S/C26H23N3O2/c30-26(31)21-13-15-22(16-14-21)29-25-23(8-4-5-17-27-25)24(28-29)20-11-9-19(10-12-20)18-6-2-1-3-7-18/h1-3,6-7,9-16,27H,4-5,8,17H2,(H,30,31). The van der Waals surface area contributed by atoms with Gasteiger partial charge >= 0.3 is 5.97 Å². The Labute approximate surface area is 181 Å². The number of hydrogen-bond donors (Lipinski definition) is 2. The van der Waals surface area contributed by atoms with Crippen molar-refractivity contribution < 1.29 is 9.90 Å². The third-order valence-corrected chi connectivity index (χ3v) is 5.75. The van der Waals surface area contributed by atoms with E-state index in [0.29, 0.717) is 0 Å². The Kier molecular flexibility index (Phi) is 5.00. The van der Waals surface area contributed by atoms with E-state index in [-0.39, 0.29) is 5.56 Å². The van der Waals surface area contributed by atoms with Gasteiger partial charge in [-0.1, -0.05) is 54.6 Å². The number of rotatable bonds is 4. The Bertz CT molecular complexity index is 1210. The molecular weight excluding hydrogens is 386 g/mol. The molecule has 0 atom stereocenters. The maximum absolute atomic E-state index is 11.2. The van der Waals surface area contributed by atoms with Crippen LogP contribution in [0.3, 0.4) is 0 Å². The number of aromatic carboxylic acids is 1. The first-order chi connectivity index (χ1) is 15.2. The zero-order chi connectivity index (χ0) is 21.2. The normalized spacial score (nSPS) is 13.2. The van der Waals surface area contributed by atoms with Gasteiger partial charge < -0.3 is 10.4 Å². The topological polar surface area (TPSA) is 67.1 Å². The average molecular weight is 409 g/mol. The summed E-state index contributed by atoms with van der Waals surface area (Å²) in [5.74, 6) is 0.0749. The van der Waals surface area contributed by atoms with Crippen molar-refractivity contribution in [2.75, 3.05) is 11.9 Å². The smallest absolute Gasteiger partial charge is 0.335 e. The Morgan fingerprint density at radius 3 is 2.23 bits per heavy atom. The van der Waals surface area contributed by atoms with Crippen LogP contribution in [-0.2, 0) is 6.42 Å². The van der Waals surface area contributed by atoms with E-state index in [4.69, 9.17) is 5.10 Å². The van der Waals surface area contributed by atoms with Crippen LogP contribution >= 0.6 is 0 Å². The number of benzene rings is 3. The molecule has 0 amide bonds. The molecule has 0 radical (unpaired) electrons. The van der Waals surface area contributed by atoms with Crippen molar-refractivity contribution in [3.8, 4) is 28.1 Å². The third-order valence-electron chi connectivity index (χ3n) is 5.75. The lowest BCUT2D eigenvalue weighted by atomic mass is 10.00. The molecule has 0 saturated carbocycles. The molecule has 31 heavy (non-hydrogen) atoms. The molecule has 0 unspecified atom stereocenters. The molecule has 1 aliphatic rings. The number of nitrogens with one attached hydrogen (secondary N) is 1. The minimum absolute atomic E-state index is 0.270. The van der Waals surface area contributed by atoms with Gasteiger partial charge in [-0.15, -0.1) is 0 Å². The van der Waals surface area contributed by atoms with Gasteiger partial charge in [0.25, 0.3) is 0 Å². The van der Waals surface area contributed by atoms with E-state index in [2.05, 4.69) is 41.7 Å². The van der Waals surface area contributed by atoms with Crippen LogP contribution in [0.15, 0.2) is 78.9 Å². The van der Waals surface area contributed by atoms with E-state index >= 15 is 0 Å². The molecule has 2 heterocycles. The van der Waals surface area contributed by atoms with Crippen LogP contribution in [0.4, 0.5) is 5.82 Å². The molecule has 5 heteroatoms. The van der Waals surface area contributed by atoms with Gasteiger partial charge in [-0.25, -0.2) is 9.48 Å². The van der Waals surface area contributed by atoms with Crippen molar-refractivity contribution in [3.05, 3.63) is 90.0 Å². The van der Waals surface area contributed by atoms with E-state index < -0.39 is 5.97 Å². The lowest BCUT2D eigenvalue weighted by molar-refractivity contribution is 0.0697. The highest BCUT2D eigenvalue weighted by molar-refractivity contribution is 5.87. The molecular formula is C26H23N3O2. The SMILES string of the molecule is O=C(O)c1ccc(-n2nc(-c3ccc(-c4ccccc4)cc3)c3c2NCCCC3)cc1. The lowest BCUT2D eigenvalue weighted by Crippen LogP contribution is -2.07. The monoisotopic (exact) mass is 409 g/mol. The number of carboxylic acids is 1. The van der Waals surface area contributed by atoms with Gasteiger partial charge in [0.2, 0.25) is 0 Å². The van der Waals surface area contributed by atoms with E-state index in [1.54, 1.807) is 12.1 Å². The molecule has 1 aliphatic heterocycles. The third kappa shape index (κ3) is 3.70. The molecule has 0 aliphatic carbocycles. The molecule has 3 aromatic carbocycles. The van der Waals surface area contributed by atoms with E-state index in [9.17, 15) is 9.90 Å². The van der Waals surface area contributed by atoms with Crippen molar-refractivity contribution in [1.29, 1.82) is 0 Å². The summed E-state index contributed by atoms with van der Waals surface area (Å²) in [6, 6.07) is 25.8. The highest BCUT2D eigenvalue weighted by Gasteiger charge is 2.22. The highest BCUT2D eigenvalue weighted by atomic mass is 16.4. The number of hydrogen-bond acceptors (Lipinski definition) is 3. The minimum Gasteiger partial charge on any atom is -0.478 e. The number of fused-ring (bicyclic) bond motifs is 1. The summed E-state index contributed by atoms with van der Waals surface area (Å²) in [4.78, 5) is 11.2. The summed E-state index contributed by atoms with van der Waals surface area (Å²) in [5.41, 5.74) is 6.77. The Morgan fingerprint density at radius 2 is 1.52 bits per heavy atom. The first-order valence-electron chi connectivity index (χ1n) is 10.6. The molecule has 0 spiro atoms. The number of anilines is 1. The second-order valence-corrected chi connectivity index (χ2v) is 7.77. The van der Waals surface area contributed by atoms with Gasteiger partial charge in [0.15, 0.2) is 0 Å². The molecule has 2 N–H and O–H groups in total. The zero-order valence-corrected chi connectivity index (χ0v) is 17.1. The van der Waals surface area contributed by atoms with Gasteiger partial charge in [0.05, 0.1) is 16.9 Å². The van der Waals surface area contributed by atoms with Crippen LogP contribution in [0.5, 0.6) is 0 Å². The van der Waals surface area contributed by atoms with Gasteiger partial charge in [-0.2, -0.15) is 5.10 Å². The predicted molar refractivity (Wildman–Crippen MR) is 123 cm³/mol. The van der Waals surface area contributed by atoms with Gasteiger partial charge in [0, 0.05) is 17.7 Å². The summed E-state index contributed by atoms with van der Waals surface area (Å²) in [5, 5.41) is 17.7. The number of carboxylic acid groups (broad SMARTS) is 1. The van der Waals surface area contributed by atoms with Crippen LogP contribution in [0, 0.1) is 0 Å². The Hall–Kier alpha value is -3.86. The first-order valence-corrected chi connectivity index (χ1v) is 10.6. The highest BCUT2D eigenvalue weighted by Crippen LogP contribution is 2.34. The van der Waals surface area contributed by atoms with E-state index in [0.717, 1.165) is 48.6 Å². The van der Waals surface area contributed by atoms with Gasteiger partial charge in [-0.3, -0.25) is 0 Å². The summed E-state index contributed by atoms with van der Waals surface area (Å²) in [6.45, 7) is 0.901. The van der Waals surface area contributed by atoms with Crippen LogP contribution in [-0.4, -0.2) is 27.4 Å². The second-order valence-electron chi connectivity index (χ2n) is 7.77. The summed E-state index contributed by atoms with van der Waals surface area (Å²) in [6.07, 6.45) is 3.18. The molecule has 1 aromatic heterocycles. The molecule has 5 nitrogen and oxygen atoms in total. The fourth-order valence-corrected chi connectivity index (χ4v) is 4.12. The lowest BCUT2D eigenvalue weighted by Gasteiger charge is -2.09. The Morgan fingerprint density at radius 1 is 0.839 bits per heavy atom. The second kappa shape index (κ2) is 8.11. The van der Waals surface area contributed by atoms with Crippen LogP contribution in [0.25, 0.3) is 28.1 Å². The van der Waals surface area contributed by atoms with Gasteiger partial charge in [0.1, 0.15) is 5.82 Å². The summed E-state index contributed by atoms with van der Waals surface area (Å²) in [7, 11) is 0. The van der Waals surface area contributed by atoms with E-state index in [1.807, 2.05) is 35.0 Å². The Balaban J connectivity index is 1.57. The molecule has 0 saturated heterocycles. The summed E-state index contributed by atoms with van der Waals surface area (Å²) < 4.78 is 1.91. The van der Waals surface area contributed by atoms with Crippen LogP contribution in [0.1, 0.15) is 28.8 Å². The fraction of sp³-hybridized carbons (Fsp3) is 0.154. The van der Waals surface area contributed by atoms with E-state index in [1.165, 1.54) is 16.7 Å². The molecule has 5 rings (SSSR count). The first kappa shape index (κ1) is 19.1. The van der Waals surface area contributed by atoms with Crippen molar-refractivity contribution in [2.24, 2.45) is 0 Å². The molecule has 0 fully saturated rings. The van der Waals surface area contributed by atoms with Gasteiger partial charge in [-0.05, 0) is 54.7 Å². The molecule has 4 aromatic rings.